The minimum atomic E-state index is -2.63. The molecule has 7 aromatic carbocycles. The lowest BCUT2D eigenvalue weighted by Gasteiger charge is -2.64. The lowest BCUT2D eigenvalue weighted by atomic mass is 9.41. The van der Waals surface area contributed by atoms with Crippen molar-refractivity contribution in [1.82, 2.24) is 0 Å². The van der Waals surface area contributed by atoms with Crippen LogP contribution in [0.15, 0.2) is 152 Å². The number of rotatable bonds is 1. The Morgan fingerprint density at radius 3 is 1.58 bits per heavy atom. The van der Waals surface area contributed by atoms with Crippen molar-refractivity contribution in [3.05, 3.63) is 163 Å². The number of hydrogen-bond acceptors (Lipinski definition) is 1. The highest BCUT2D eigenvalue weighted by Gasteiger charge is 2.61. The monoisotopic (exact) mass is 681 g/mol. The van der Waals surface area contributed by atoms with Crippen LogP contribution in [-0.4, -0.2) is 8.07 Å². The Morgan fingerprint density at radius 2 is 0.923 bits per heavy atom. The van der Waals surface area contributed by atoms with E-state index >= 15 is 0 Å². The molecule has 3 aliphatic heterocycles. The molecular weight excluding hydrogens is 643 g/mol. The summed E-state index contributed by atoms with van der Waals surface area (Å²) in [6, 6.07) is 59.5. The van der Waals surface area contributed by atoms with Crippen LogP contribution in [0.25, 0.3) is 33.0 Å². The maximum Gasteiger partial charge on any atom is 0.182 e. The molecule has 2 heteroatoms. The summed E-state index contributed by atoms with van der Waals surface area (Å²) in [6.45, 7) is 0. The summed E-state index contributed by atoms with van der Waals surface area (Å²) < 4.78 is 0. The third-order valence-corrected chi connectivity index (χ3v) is 19.7. The van der Waals surface area contributed by atoms with Gasteiger partial charge in [-0.05, 0) is 151 Å². The zero-order chi connectivity index (χ0) is 33.8. The molecule has 1 unspecified atom stereocenters. The minimum absolute atomic E-state index is 0.116. The van der Waals surface area contributed by atoms with Gasteiger partial charge in [0, 0.05) is 11.1 Å². The summed E-state index contributed by atoms with van der Waals surface area (Å²) in [5.41, 5.74) is 13.1. The van der Waals surface area contributed by atoms with Gasteiger partial charge in [0.15, 0.2) is 8.07 Å². The summed E-state index contributed by atoms with van der Waals surface area (Å²) in [7, 11) is -2.63. The molecule has 3 heterocycles. The number of para-hydroxylation sites is 2. The summed E-state index contributed by atoms with van der Waals surface area (Å²) >= 11 is 0. The van der Waals surface area contributed by atoms with E-state index in [0.29, 0.717) is 0 Å². The average molecular weight is 682 g/mol. The van der Waals surface area contributed by atoms with E-state index in [4.69, 9.17) is 0 Å². The van der Waals surface area contributed by atoms with Gasteiger partial charge in [0.2, 0.25) is 0 Å². The number of anilines is 3. The fourth-order valence-electron chi connectivity index (χ4n) is 13.3. The Morgan fingerprint density at radius 1 is 0.423 bits per heavy atom. The predicted molar refractivity (Wildman–Crippen MR) is 218 cm³/mol. The standard InChI is InChI=1S/C50H39NSi/c1-2-12-34-29-48-41(28-33(34)11-1)39-14-4-10-20-47(39)52(48)46-19-9-3-13-38(46)40-22-21-37(30-49(40)52)51-44-17-7-5-15-42(44)50(43-16-6-8-18-45(43)51)35-24-31-23-32(26-35)27-36(50)25-31/h1-22,28-32,35-36H,23-27H2. The summed E-state index contributed by atoms with van der Waals surface area (Å²) in [5, 5.41) is 8.82. The first kappa shape index (κ1) is 28.4. The van der Waals surface area contributed by atoms with Crippen molar-refractivity contribution in [2.45, 2.75) is 37.5 Å². The van der Waals surface area contributed by atoms with Gasteiger partial charge in [0.25, 0.3) is 0 Å². The van der Waals surface area contributed by atoms with Crippen molar-refractivity contribution >= 4 is 56.7 Å². The molecule has 1 nitrogen and oxygen atoms in total. The molecular formula is C50H39NSi. The molecule has 4 bridgehead atoms. The van der Waals surface area contributed by atoms with Gasteiger partial charge < -0.3 is 4.90 Å². The second-order valence-electron chi connectivity index (χ2n) is 16.9. The molecule has 52 heavy (non-hydrogen) atoms. The van der Waals surface area contributed by atoms with Crippen LogP contribution in [-0.2, 0) is 5.41 Å². The van der Waals surface area contributed by atoms with E-state index in [1.807, 2.05) is 0 Å². The highest BCUT2D eigenvalue weighted by molar-refractivity contribution is 7.24. The Bertz CT molecular complexity index is 2610. The Balaban J connectivity index is 1.09. The van der Waals surface area contributed by atoms with E-state index in [1.54, 1.807) is 16.3 Å². The lowest BCUT2D eigenvalue weighted by molar-refractivity contribution is -0.0419. The smallest absolute Gasteiger partial charge is 0.182 e. The molecule has 4 saturated carbocycles. The molecule has 0 saturated heterocycles. The molecule has 7 aromatic rings. The Kier molecular flexibility index (Phi) is 5.36. The summed E-state index contributed by atoms with van der Waals surface area (Å²) in [6.07, 6.45) is 7.06. The van der Waals surface area contributed by atoms with Gasteiger partial charge in [-0.2, -0.15) is 0 Å². The van der Waals surface area contributed by atoms with Crippen molar-refractivity contribution in [2.75, 3.05) is 4.90 Å². The molecule has 0 radical (unpaired) electrons. The minimum Gasteiger partial charge on any atom is -0.310 e. The Hall–Kier alpha value is -5.18. The maximum absolute atomic E-state index is 2.66. The molecule has 0 N–H and O–H groups in total. The number of nitrogens with zero attached hydrogens (tertiary/aromatic N) is 1. The van der Waals surface area contributed by atoms with Crippen molar-refractivity contribution in [1.29, 1.82) is 0 Å². The largest absolute Gasteiger partial charge is 0.310 e. The SMILES string of the molecule is c1ccc2c(c1)-c1ccc(N3c4ccccc4C4(c5ccccc53)C3CC5CC(C3)CC4C5)cc1[Si]21c2ccccc2-c2cc3ccccc3cc21. The van der Waals surface area contributed by atoms with Gasteiger partial charge in [-0.3, -0.25) is 0 Å². The fourth-order valence-corrected chi connectivity index (χ4v) is 19.0. The second-order valence-corrected chi connectivity index (χ2v) is 20.5. The Labute approximate surface area is 306 Å². The van der Waals surface area contributed by atoms with Crippen molar-refractivity contribution in [2.24, 2.45) is 23.7 Å². The first-order valence-electron chi connectivity index (χ1n) is 19.6. The van der Waals surface area contributed by atoms with Crippen molar-refractivity contribution < 1.29 is 0 Å². The van der Waals surface area contributed by atoms with Gasteiger partial charge in [-0.15, -0.1) is 0 Å². The van der Waals surface area contributed by atoms with Crippen molar-refractivity contribution in [3.8, 4) is 22.3 Å². The normalized spacial score (nSPS) is 25.9. The van der Waals surface area contributed by atoms with Crippen LogP contribution in [0.2, 0.25) is 0 Å². The molecule has 7 aliphatic rings. The van der Waals surface area contributed by atoms with E-state index in [0.717, 1.165) is 23.7 Å². The zero-order valence-corrected chi connectivity index (χ0v) is 30.2. The first-order chi connectivity index (χ1) is 25.7. The third kappa shape index (κ3) is 3.25. The molecule has 4 fully saturated rings. The van der Waals surface area contributed by atoms with E-state index in [1.165, 1.54) is 97.8 Å². The first-order valence-corrected chi connectivity index (χ1v) is 21.6. The molecule has 248 valence electrons. The predicted octanol–water partition coefficient (Wildman–Crippen LogP) is 9.70. The van der Waals surface area contributed by atoms with Crippen LogP contribution in [0, 0.1) is 23.7 Å². The fraction of sp³-hybridized carbons (Fsp3) is 0.200. The van der Waals surface area contributed by atoms with E-state index in [9.17, 15) is 0 Å². The van der Waals surface area contributed by atoms with Gasteiger partial charge in [-0.1, -0.05) is 121 Å². The van der Waals surface area contributed by atoms with E-state index in [-0.39, 0.29) is 5.41 Å². The van der Waals surface area contributed by atoms with Gasteiger partial charge in [0.1, 0.15) is 0 Å². The molecule has 14 rings (SSSR count). The maximum atomic E-state index is 2.66. The molecule has 0 aromatic heterocycles. The summed E-state index contributed by atoms with van der Waals surface area (Å²) in [5.74, 6) is 3.33. The van der Waals surface area contributed by atoms with Crippen LogP contribution in [0.3, 0.4) is 0 Å². The van der Waals surface area contributed by atoms with Crippen LogP contribution in [0.4, 0.5) is 17.1 Å². The number of hydrogen-bond donors (Lipinski definition) is 0. The van der Waals surface area contributed by atoms with Crippen LogP contribution in [0.1, 0.15) is 43.2 Å². The highest BCUT2D eigenvalue weighted by atomic mass is 28.3. The molecule has 4 aliphatic carbocycles. The van der Waals surface area contributed by atoms with Crippen LogP contribution < -0.4 is 25.6 Å². The zero-order valence-electron chi connectivity index (χ0n) is 29.2. The second kappa shape index (κ2) is 9.82. The molecule has 1 atom stereocenters. The molecule has 0 amide bonds. The van der Waals surface area contributed by atoms with E-state index < -0.39 is 8.07 Å². The van der Waals surface area contributed by atoms with Crippen LogP contribution in [0.5, 0.6) is 0 Å². The van der Waals surface area contributed by atoms with Gasteiger partial charge in [0.05, 0.1) is 11.4 Å². The van der Waals surface area contributed by atoms with Crippen molar-refractivity contribution in [3.63, 3.8) is 0 Å². The van der Waals surface area contributed by atoms with Crippen LogP contribution >= 0.6 is 0 Å². The molecule has 2 spiro atoms. The van der Waals surface area contributed by atoms with Gasteiger partial charge in [-0.25, -0.2) is 0 Å². The average Bonchev–Trinajstić information content (AvgIpc) is 3.64. The number of fused-ring (bicyclic) bond motifs is 13. The lowest BCUT2D eigenvalue weighted by Crippen LogP contribution is -2.70. The topological polar surface area (TPSA) is 3.24 Å². The summed E-state index contributed by atoms with van der Waals surface area (Å²) in [4.78, 5) is 2.66. The van der Waals surface area contributed by atoms with E-state index in [2.05, 4.69) is 157 Å². The highest BCUT2D eigenvalue weighted by Crippen LogP contribution is 2.69. The number of benzene rings is 7. The third-order valence-electron chi connectivity index (χ3n) is 14.8. The quantitative estimate of drug-likeness (QED) is 0.156. The van der Waals surface area contributed by atoms with Gasteiger partial charge >= 0.3 is 0 Å².